The van der Waals surface area contributed by atoms with Crippen molar-refractivity contribution < 1.29 is 56.8 Å². The second kappa shape index (κ2) is 8.25. The summed E-state index contributed by atoms with van der Waals surface area (Å²) in [5.41, 5.74) is 3.80. The van der Waals surface area contributed by atoms with Gasteiger partial charge < -0.3 is 9.84 Å². The van der Waals surface area contributed by atoms with Crippen molar-refractivity contribution in [1.82, 2.24) is 0 Å². The van der Waals surface area contributed by atoms with Crippen molar-refractivity contribution in [1.29, 1.82) is 0 Å². The van der Waals surface area contributed by atoms with Crippen LogP contribution in [0.3, 0.4) is 0 Å². The Morgan fingerprint density at radius 2 is 2.21 bits per heavy atom. The molecule has 4 heteroatoms. The summed E-state index contributed by atoms with van der Waals surface area (Å²) in [4.78, 5) is 4.69. The Hall–Kier alpha value is -0.0905. The maximum atomic E-state index is 9.12. The van der Waals surface area contributed by atoms with Gasteiger partial charge in [-0.2, -0.15) is 0 Å². The van der Waals surface area contributed by atoms with Crippen molar-refractivity contribution in [3.63, 3.8) is 0 Å². The molecule has 0 spiro atoms. The van der Waals surface area contributed by atoms with Crippen molar-refractivity contribution >= 4 is 17.0 Å². The van der Waals surface area contributed by atoms with Gasteiger partial charge in [0.2, 0.25) is 0 Å². The Bertz CT molecular complexity index is 483. The van der Waals surface area contributed by atoms with Crippen LogP contribution in [-0.2, 0) is 4.74 Å². The van der Waals surface area contributed by atoms with Crippen LogP contribution in [0.2, 0.25) is 0 Å². The van der Waals surface area contributed by atoms with Crippen LogP contribution in [0, 0.1) is 53.5 Å². The van der Waals surface area contributed by atoms with Crippen molar-refractivity contribution in [2.24, 2.45) is 4.99 Å². The number of allylic oxidation sites excluding steroid dienone is 1. The Morgan fingerprint density at radius 3 is 2.89 bits per heavy atom. The molecule has 1 heterocycles. The summed E-state index contributed by atoms with van der Waals surface area (Å²) in [6.07, 6.45) is 2.93. The minimum absolute atomic E-state index is 0. The molecule has 1 aromatic carbocycles. The van der Waals surface area contributed by atoms with Gasteiger partial charge in [0.05, 0.1) is 11.9 Å². The zero-order chi connectivity index (χ0) is 13.0. The predicted molar refractivity (Wildman–Crippen MR) is 73.9 cm³/mol. The van der Waals surface area contributed by atoms with E-state index in [0.717, 1.165) is 41.6 Å². The molecule has 1 saturated heterocycles. The fraction of sp³-hybridized carbons (Fsp3) is 0.333. The van der Waals surface area contributed by atoms with Gasteiger partial charge in [0, 0.05) is 65.0 Å². The summed E-state index contributed by atoms with van der Waals surface area (Å²) in [7, 11) is 0. The molecule has 0 bridgehead atoms. The zero-order valence-corrected chi connectivity index (χ0v) is 12.7. The van der Waals surface area contributed by atoms with E-state index in [9.17, 15) is 0 Å². The number of hydrogen-bond donors (Lipinski definition) is 1. The molecular formula is C15H18NO2Yb-. The van der Waals surface area contributed by atoms with Gasteiger partial charge in [-0.1, -0.05) is 18.2 Å². The van der Waals surface area contributed by atoms with Crippen molar-refractivity contribution in [3.8, 4) is 0 Å². The molecule has 1 N–H and O–H groups in total. The molecule has 3 nitrogen and oxygen atoms in total. The summed E-state index contributed by atoms with van der Waals surface area (Å²) < 4.78 is 5.39. The minimum Gasteiger partial charge on any atom is -0.549 e. The number of rotatable bonds is 2. The molecule has 110 valence electrons. The van der Waals surface area contributed by atoms with Crippen molar-refractivity contribution in [3.05, 3.63) is 42.7 Å². The number of ether oxygens (including phenoxy) is 1. The van der Waals surface area contributed by atoms with E-state index in [2.05, 4.69) is 0 Å². The predicted octanol–water partition coefficient (Wildman–Crippen LogP) is 4.04. The summed E-state index contributed by atoms with van der Waals surface area (Å²) in [6.45, 7) is 5.72. The molecule has 1 fully saturated rings. The largest absolute Gasteiger partial charge is 0.549 e. The number of aliphatic hydroxyl groups is 1. The quantitative estimate of drug-likeness (QED) is 0.583. The van der Waals surface area contributed by atoms with Crippen LogP contribution in [0.5, 0.6) is 0 Å². The molecule has 1 atom stereocenters. The van der Waals surface area contributed by atoms with Gasteiger partial charge in [-0.15, -0.1) is 6.42 Å². The SMILES string of the molecule is C/C(=C/O)c1ccccc1N=C1C[CH-]OC(C)C1.[Yb]. The van der Waals surface area contributed by atoms with E-state index >= 15 is 0 Å². The maximum absolute atomic E-state index is 9.12. The van der Waals surface area contributed by atoms with E-state index < -0.39 is 0 Å². The molecule has 0 saturated carbocycles. The Balaban J connectivity index is 0.00000180. The third kappa shape index (κ3) is 4.74. The Labute approximate surface area is 153 Å². The smallest absolute Gasteiger partial charge is 0.0827 e. The standard InChI is InChI=1S/C15H18NO2.Yb/c1-11(10-17)14-5-3-4-6-15(14)16-13-7-8-18-12(2)9-13;/h3-6,8,10,12,17H,7,9H2,1-2H3;/q-1;/b11-10-,16-13?;. The first-order valence-electron chi connectivity index (χ1n) is 6.14. The average Bonchev–Trinajstić information content (AvgIpc) is 2.38. The van der Waals surface area contributed by atoms with Gasteiger partial charge in [0.1, 0.15) is 0 Å². The van der Waals surface area contributed by atoms with Crippen LogP contribution in [0.1, 0.15) is 32.3 Å². The minimum atomic E-state index is 0. The van der Waals surface area contributed by atoms with E-state index in [0.29, 0.717) is 0 Å². The van der Waals surface area contributed by atoms with Crippen LogP contribution in [0.4, 0.5) is 5.69 Å². The maximum Gasteiger partial charge on any atom is 0.0827 e. The molecule has 1 aliphatic rings. The first kappa shape index (κ1) is 17.0. The van der Waals surface area contributed by atoms with Gasteiger partial charge in [-0.05, 0) is 31.2 Å². The number of nitrogens with zero attached hydrogens (tertiary/aromatic N) is 1. The molecule has 2 rings (SSSR count). The van der Waals surface area contributed by atoms with E-state index in [1.165, 1.54) is 0 Å². The van der Waals surface area contributed by atoms with Gasteiger partial charge in [-0.25, -0.2) is 6.61 Å². The number of aliphatic imine (C=N–C) groups is 1. The second-order valence-corrected chi connectivity index (χ2v) is 4.53. The van der Waals surface area contributed by atoms with Gasteiger partial charge >= 0.3 is 0 Å². The van der Waals surface area contributed by atoms with Crippen LogP contribution < -0.4 is 0 Å². The summed E-state index contributed by atoms with van der Waals surface area (Å²) in [6, 6.07) is 7.84. The molecule has 1 unspecified atom stereocenters. The first-order chi connectivity index (χ1) is 8.70. The van der Waals surface area contributed by atoms with Crippen molar-refractivity contribution in [2.75, 3.05) is 0 Å². The monoisotopic (exact) mass is 418 g/mol. The average molecular weight is 417 g/mol. The normalized spacial score (nSPS) is 22.1. The number of aliphatic hydroxyl groups excluding tert-OH is 1. The summed E-state index contributed by atoms with van der Waals surface area (Å²) >= 11 is 0. The molecule has 0 aromatic heterocycles. The molecule has 0 aliphatic carbocycles. The van der Waals surface area contributed by atoms with Gasteiger partial charge in [0.25, 0.3) is 0 Å². The molecule has 0 amide bonds. The van der Waals surface area contributed by atoms with Crippen LogP contribution in [-0.4, -0.2) is 16.9 Å². The van der Waals surface area contributed by atoms with Gasteiger partial charge in [-0.3, -0.25) is 4.99 Å². The Kier molecular flexibility index (Phi) is 7.37. The third-order valence-corrected chi connectivity index (χ3v) is 2.97. The summed E-state index contributed by atoms with van der Waals surface area (Å²) in [5.74, 6) is 0. The Morgan fingerprint density at radius 1 is 1.47 bits per heavy atom. The molecule has 0 radical (unpaired) electrons. The zero-order valence-electron chi connectivity index (χ0n) is 11.0. The van der Waals surface area contributed by atoms with Crippen LogP contribution in [0.25, 0.3) is 5.57 Å². The number of benzene rings is 1. The molecule has 1 aliphatic heterocycles. The van der Waals surface area contributed by atoms with Crippen LogP contribution in [0.15, 0.2) is 35.5 Å². The third-order valence-electron chi connectivity index (χ3n) is 2.97. The first-order valence-corrected chi connectivity index (χ1v) is 6.14. The fourth-order valence-corrected chi connectivity index (χ4v) is 2.01. The molecular weight excluding hydrogens is 399 g/mol. The topological polar surface area (TPSA) is 41.8 Å². The van der Waals surface area contributed by atoms with Crippen molar-refractivity contribution in [2.45, 2.75) is 32.8 Å². The number of hydrogen-bond acceptors (Lipinski definition) is 3. The van der Waals surface area contributed by atoms with E-state index in [4.69, 9.17) is 14.8 Å². The molecule has 1 aromatic rings. The summed E-state index contributed by atoms with van der Waals surface area (Å²) in [5, 5.41) is 9.12. The van der Waals surface area contributed by atoms with E-state index in [-0.39, 0.29) is 53.0 Å². The fourth-order valence-electron chi connectivity index (χ4n) is 2.01. The van der Waals surface area contributed by atoms with E-state index in [1.807, 2.05) is 44.7 Å². The molecule has 19 heavy (non-hydrogen) atoms. The van der Waals surface area contributed by atoms with E-state index in [1.54, 1.807) is 0 Å². The van der Waals surface area contributed by atoms with Gasteiger partial charge in [0.15, 0.2) is 0 Å². The number of para-hydroxylation sites is 1. The second-order valence-electron chi connectivity index (χ2n) is 4.53. The van der Waals surface area contributed by atoms with Crippen LogP contribution >= 0.6 is 0 Å².